The van der Waals surface area contributed by atoms with Crippen molar-refractivity contribution in [1.82, 2.24) is 39.0 Å². The van der Waals surface area contributed by atoms with Gasteiger partial charge >= 0.3 is 13.5 Å². The highest BCUT2D eigenvalue weighted by Gasteiger charge is 2.84. The molecule has 2 unspecified atom stereocenters. The Morgan fingerprint density at radius 1 is 0.872 bits per heavy atom. The Kier molecular flexibility index (Phi) is 5.91. The number of imidazole rings is 2. The lowest BCUT2D eigenvalue weighted by molar-refractivity contribution is -0.421. The first-order valence-corrected chi connectivity index (χ1v) is 19.6. The van der Waals surface area contributed by atoms with Crippen LogP contribution in [0.1, 0.15) is 18.9 Å². The third-order valence-corrected chi connectivity index (χ3v) is 12.8. The number of anilines is 2. The molecule has 10 rings (SSSR count). The molecular formula is C23H24N10O10P2S2. The molecule has 4 bridgehead atoms. The Morgan fingerprint density at radius 3 is 2.17 bits per heavy atom. The Bertz CT molecular complexity index is 2110. The topological polar surface area (TPSA) is 250 Å². The van der Waals surface area contributed by atoms with Gasteiger partial charge in [0, 0.05) is 6.42 Å². The third-order valence-electron chi connectivity index (χ3n) is 9.64. The summed E-state index contributed by atoms with van der Waals surface area (Å²) in [6, 6.07) is 0. The average Bonchev–Trinajstić information content (AvgIpc) is 3.79. The van der Waals surface area contributed by atoms with Crippen molar-refractivity contribution in [3.63, 3.8) is 0 Å². The maximum atomic E-state index is 13.8. The first kappa shape index (κ1) is 29.5. The predicted molar refractivity (Wildman–Crippen MR) is 162 cm³/mol. The van der Waals surface area contributed by atoms with Crippen molar-refractivity contribution in [2.24, 2.45) is 5.92 Å². The van der Waals surface area contributed by atoms with Gasteiger partial charge < -0.3 is 39.8 Å². The van der Waals surface area contributed by atoms with E-state index in [1.54, 1.807) is 9.13 Å². The standard InChI is InChI=1S/C23H24N10O10P2S2/c24-15-9-17(28-5-26-15)32(7-30-9)19-11-13-21(40-19)1-23(13,39-11)43-45(35,47)38-4-22-2-36-12(14(22)42-44(34,46)37-3-21)20(41-22)33-8-31-10-16(25)27-6-29-18(10)33/h5-8,11-14,19-20H,1-4H2,(H,34,46)(H,35,47)(H2,24,26,28)(H2,25,27,29)/t11-,12-,13+,14+,19-,20-,21-,22-,23-,44?,45?/m1/s1. The number of aromatic nitrogens is 8. The van der Waals surface area contributed by atoms with Crippen molar-refractivity contribution in [3.05, 3.63) is 25.3 Å². The first-order valence-electron chi connectivity index (χ1n) is 14.3. The summed E-state index contributed by atoms with van der Waals surface area (Å²) in [6.07, 6.45) is 1.54. The quantitative estimate of drug-likeness (QED) is 0.163. The van der Waals surface area contributed by atoms with Crippen molar-refractivity contribution in [2.75, 3.05) is 31.3 Å². The van der Waals surface area contributed by atoms with Crippen LogP contribution in [0, 0.1) is 5.92 Å². The number of nitrogen functional groups attached to an aromatic ring is 2. The number of nitrogens with two attached hydrogens (primary N) is 2. The number of rotatable bonds is 2. The summed E-state index contributed by atoms with van der Waals surface area (Å²) in [6.45, 7) is -8.78. The predicted octanol–water partition coefficient (Wildman–Crippen LogP) is 0.583. The zero-order chi connectivity index (χ0) is 32.1. The van der Waals surface area contributed by atoms with Crippen LogP contribution >= 0.6 is 25.8 Å². The number of thiol groups is 1. The van der Waals surface area contributed by atoms with Crippen LogP contribution in [0.3, 0.4) is 0 Å². The molecule has 6 fully saturated rings. The lowest BCUT2D eigenvalue weighted by Crippen LogP contribution is -2.77. The maximum Gasteiger partial charge on any atom is 0.388 e. The molecule has 9 heterocycles. The van der Waals surface area contributed by atoms with Gasteiger partial charge in [-0.3, -0.25) is 22.7 Å². The number of ether oxygens (including phenoxy) is 4. The van der Waals surface area contributed by atoms with E-state index in [1.807, 2.05) is 0 Å². The Morgan fingerprint density at radius 2 is 1.49 bits per heavy atom. The number of fused-ring (bicyclic) bond motifs is 2. The molecule has 0 amide bonds. The van der Waals surface area contributed by atoms with Crippen LogP contribution in [-0.2, 0) is 53.4 Å². The Balaban J connectivity index is 0.990. The van der Waals surface area contributed by atoms with Crippen molar-refractivity contribution < 1.29 is 46.5 Å². The van der Waals surface area contributed by atoms with Crippen molar-refractivity contribution in [1.29, 1.82) is 0 Å². The van der Waals surface area contributed by atoms with E-state index in [1.165, 1.54) is 25.3 Å². The van der Waals surface area contributed by atoms with E-state index in [-0.39, 0.29) is 37.9 Å². The van der Waals surface area contributed by atoms with Gasteiger partial charge in [-0.1, -0.05) is 12.2 Å². The first-order chi connectivity index (χ1) is 22.4. The zero-order valence-corrected chi connectivity index (χ0v) is 27.2. The van der Waals surface area contributed by atoms with Crippen LogP contribution in [-0.4, -0.2) is 99.1 Å². The molecule has 47 heavy (non-hydrogen) atoms. The van der Waals surface area contributed by atoms with Crippen LogP contribution in [0.4, 0.5) is 11.6 Å². The molecule has 24 heteroatoms. The fourth-order valence-electron chi connectivity index (χ4n) is 7.71. The van der Waals surface area contributed by atoms with Gasteiger partial charge in [-0.25, -0.2) is 34.5 Å². The van der Waals surface area contributed by atoms with E-state index < -0.39 is 67.2 Å². The fraction of sp³-hybridized carbons (Fsp3) is 0.565. The van der Waals surface area contributed by atoms with Crippen LogP contribution in [0.5, 0.6) is 0 Å². The second-order valence-electron chi connectivity index (χ2n) is 12.2. The van der Waals surface area contributed by atoms with Crippen molar-refractivity contribution in [2.45, 2.75) is 54.2 Å². The summed E-state index contributed by atoms with van der Waals surface area (Å²) >= 11 is 9.82. The zero-order valence-electron chi connectivity index (χ0n) is 23.7. The van der Waals surface area contributed by atoms with Gasteiger partial charge in [0.1, 0.15) is 53.2 Å². The molecule has 5 N–H and O–H groups in total. The number of hydrogen-bond donors (Lipinski definition) is 4. The van der Waals surface area contributed by atoms with Gasteiger partial charge in [0.2, 0.25) is 0 Å². The molecule has 20 nitrogen and oxygen atoms in total. The van der Waals surface area contributed by atoms with Gasteiger partial charge in [-0.15, -0.1) is 0 Å². The van der Waals surface area contributed by atoms with E-state index in [0.29, 0.717) is 22.3 Å². The van der Waals surface area contributed by atoms with Crippen LogP contribution in [0.2, 0.25) is 0 Å². The lowest BCUT2D eigenvalue weighted by Gasteiger charge is -2.64. The molecule has 0 radical (unpaired) electrons. The molecule has 5 saturated heterocycles. The minimum Gasteiger partial charge on any atom is -0.382 e. The van der Waals surface area contributed by atoms with E-state index in [4.69, 9.17) is 60.3 Å². The van der Waals surface area contributed by atoms with Gasteiger partial charge in [-0.05, 0) is 11.8 Å². The van der Waals surface area contributed by atoms with Gasteiger partial charge in [0.15, 0.2) is 41.2 Å². The molecular weight excluding hydrogens is 702 g/mol. The smallest absolute Gasteiger partial charge is 0.382 e. The monoisotopic (exact) mass is 726 g/mol. The molecule has 1 aliphatic carbocycles. The summed E-state index contributed by atoms with van der Waals surface area (Å²) in [5.41, 5.74) is 11.0. The minimum absolute atomic E-state index is 0.0559. The molecule has 1 saturated carbocycles. The maximum absolute atomic E-state index is 13.8. The van der Waals surface area contributed by atoms with Gasteiger partial charge in [0.25, 0.3) is 0 Å². The van der Waals surface area contributed by atoms with Crippen LogP contribution in [0.25, 0.3) is 22.3 Å². The third kappa shape index (κ3) is 3.98. The SMILES string of the molecule is Nc1ncnc2c1ncn2[C@@H]1O[C@@]23CO[C@@H]1[C@@H]2OP(O)(=S)OC[C@@]12C[C@@]4(O[C@@H]([C@H](n5cnc6c(N)ncnc65)O1)[C@@H]24)OP(=O)(S)OC3. The summed E-state index contributed by atoms with van der Waals surface area (Å²) in [5, 5.41) is 0. The van der Waals surface area contributed by atoms with E-state index in [0.717, 1.165) is 0 Å². The second-order valence-corrected chi connectivity index (χ2v) is 17.9. The molecule has 11 atom stereocenters. The highest BCUT2D eigenvalue weighted by Crippen LogP contribution is 2.75. The van der Waals surface area contributed by atoms with E-state index in [2.05, 4.69) is 42.2 Å². The number of nitrogens with zero attached hydrogens (tertiary/aromatic N) is 8. The molecule has 248 valence electrons. The molecule has 4 aromatic heterocycles. The summed E-state index contributed by atoms with van der Waals surface area (Å²) in [4.78, 5) is 36.7. The summed E-state index contributed by atoms with van der Waals surface area (Å²) in [5.74, 6) is -1.51. The summed E-state index contributed by atoms with van der Waals surface area (Å²) in [7, 11) is 0. The van der Waals surface area contributed by atoms with Crippen molar-refractivity contribution in [3.8, 4) is 0 Å². The Hall–Kier alpha value is -2.43. The normalized spacial score (nSPS) is 45.4. The summed E-state index contributed by atoms with van der Waals surface area (Å²) < 4.78 is 66.5. The molecule has 6 aliphatic rings. The Labute approximate surface area is 273 Å². The highest BCUT2D eigenvalue weighted by atomic mass is 32.7. The molecule has 2 spiro atoms. The average molecular weight is 727 g/mol. The second kappa shape index (κ2) is 9.42. The lowest BCUT2D eigenvalue weighted by atomic mass is 9.59. The van der Waals surface area contributed by atoms with E-state index >= 15 is 0 Å². The van der Waals surface area contributed by atoms with Gasteiger partial charge in [0.05, 0.1) is 38.4 Å². The fourth-order valence-corrected chi connectivity index (χ4v) is 10.8. The molecule has 0 aromatic carbocycles. The highest BCUT2D eigenvalue weighted by molar-refractivity contribution is 8.44. The number of hydrogen-bond acceptors (Lipinski definition) is 18. The molecule has 4 aromatic rings. The van der Waals surface area contributed by atoms with E-state index in [9.17, 15) is 9.46 Å². The molecule has 5 aliphatic heterocycles. The van der Waals surface area contributed by atoms with Crippen LogP contribution < -0.4 is 11.5 Å². The van der Waals surface area contributed by atoms with Crippen LogP contribution in [0.15, 0.2) is 25.3 Å². The van der Waals surface area contributed by atoms with Crippen molar-refractivity contribution >= 4 is 71.5 Å². The minimum atomic E-state index is -4.13. The van der Waals surface area contributed by atoms with Gasteiger partial charge in [-0.2, -0.15) is 0 Å². The largest absolute Gasteiger partial charge is 0.388 e.